The lowest BCUT2D eigenvalue weighted by molar-refractivity contribution is -0.376. The monoisotopic (exact) mass is 569 g/mol. The predicted molar refractivity (Wildman–Crippen MR) is 137 cm³/mol. The van der Waals surface area contributed by atoms with Crippen molar-refractivity contribution in [1.29, 1.82) is 0 Å². The molecule has 3 aromatic rings. The third kappa shape index (κ3) is 7.33. The summed E-state index contributed by atoms with van der Waals surface area (Å²) in [7, 11) is 0. The number of hydrogen-bond donors (Lipinski definition) is 1. The van der Waals surface area contributed by atoms with Gasteiger partial charge in [0.25, 0.3) is 11.5 Å². The van der Waals surface area contributed by atoms with Crippen LogP contribution in [0.3, 0.4) is 0 Å². The van der Waals surface area contributed by atoms with Gasteiger partial charge in [0.05, 0.1) is 13.2 Å². The van der Waals surface area contributed by atoms with Crippen LogP contribution in [-0.4, -0.2) is 43.1 Å². The van der Waals surface area contributed by atoms with E-state index < -0.39 is 29.4 Å². The summed E-state index contributed by atoms with van der Waals surface area (Å²) >= 11 is 0. The lowest BCUT2D eigenvalue weighted by atomic mass is 9.92. The SMILES string of the molecule is CCCCN(C(=O)c1ccc(OCCOCc2ccccc2)cc1)c1ccc(C(O)(C(F)(F)F)C(F)(F)F)cc1. The highest BCUT2D eigenvalue weighted by atomic mass is 19.4. The molecule has 0 heterocycles. The van der Waals surface area contributed by atoms with Crippen molar-refractivity contribution in [2.24, 2.45) is 0 Å². The number of rotatable bonds is 12. The van der Waals surface area contributed by atoms with Gasteiger partial charge in [0, 0.05) is 23.4 Å². The highest BCUT2D eigenvalue weighted by Crippen LogP contribution is 2.50. The van der Waals surface area contributed by atoms with Crippen LogP contribution in [0.4, 0.5) is 32.0 Å². The average Bonchev–Trinajstić information content (AvgIpc) is 2.92. The number of carbonyl (C=O) groups excluding carboxylic acids is 1. The molecule has 0 unspecified atom stereocenters. The summed E-state index contributed by atoms with van der Waals surface area (Å²) < 4.78 is 90.6. The van der Waals surface area contributed by atoms with Crippen molar-refractivity contribution in [2.75, 3.05) is 24.7 Å². The summed E-state index contributed by atoms with van der Waals surface area (Å²) in [5, 5.41) is 9.63. The molecule has 0 aliphatic carbocycles. The quantitative estimate of drug-likeness (QED) is 0.188. The normalized spacial score (nSPS) is 12.3. The van der Waals surface area contributed by atoms with Gasteiger partial charge in [0.15, 0.2) is 0 Å². The standard InChI is InChI=1S/C29H29F6NO4/c1-2-3-17-36(24-13-11-23(12-14-24)27(38,28(30,31)32)29(33,34)35)26(37)22-9-15-25(16-10-22)40-19-18-39-20-21-7-5-4-6-8-21/h4-16,38H,2-3,17-20H2,1H3. The Morgan fingerprint density at radius 1 is 0.825 bits per heavy atom. The molecule has 0 saturated carbocycles. The number of unbranched alkanes of at least 4 members (excludes halogenated alkanes) is 1. The number of aliphatic hydroxyl groups is 1. The fraction of sp³-hybridized carbons (Fsp3) is 0.345. The highest BCUT2D eigenvalue weighted by Gasteiger charge is 2.71. The minimum atomic E-state index is -6.00. The average molecular weight is 570 g/mol. The van der Waals surface area contributed by atoms with E-state index in [2.05, 4.69) is 0 Å². The number of hydrogen-bond acceptors (Lipinski definition) is 4. The fourth-order valence-corrected chi connectivity index (χ4v) is 3.87. The molecule has 0 bridgehead atoms. The van der Waals surface area contributed by atoms with Crippen molar-refractivity contribution in [3.8, 4) is 5.75 Å². The van der Waals surface area contributed by atoms with Crippen molar-refractivity contribution in [3.63, 3.8) is 0 Å². The molecule has 0 spiro atoms. The minimum Gasteiger partial charge on any atom is -0.491 e. The second-order valence-corrected chi connectivity index (χ2v) is 8.97. The van der Waals surface area contributed by atoms with Gasteiger partial charge in [-0.2, -0.15) is 26.3 Å². The zero-order valence-electron chi connectivity index (χ0n) is 21.6. The summed E-state index contributed by atoms with van der Waals surface area (Å²) in [5.41, 5.74) is -5.07. The van der Waals surface area contributed by atoms with E-state index in [1.165, 1.54) is 17.0 Å². The number of benzene rings is 3. The maximum Gasteiger partial charge on any atom is 0.430 e. The van der Waals surface area contributed by atoms with E-state index in [-0.39, 0.29) is 24.4 Å². The molecule has 5 nitrogen and oxygen atoms in total. The maximum absolute atomic E-state index is 13.3. The molecule has 0 aliphatic heterocycles. The van der Waals surface area contributed by atoms with E-state index >= 15 is 0 Å². The maximum atomic E-state index is 13.3. The van der Waals surface area contributed by atoms with Gasteiger partial charge in [-0.25, -0.2) is 0 Å². The number of nitrogens with zero attached hydrogens (tertiary/aromatic N) is 1. The lowest BCUT2D eigenvalue weighted by Crippen LogP contribution is -2.53. The van der Waals surface area contributed by atoms with E-state index in [1.54, 1.807) is 12.1 Å². The van der Waals surface area contributed by atoms with E-state index in [9.17, 15) is 36.2 Å². The second kappa shape index (κ2) is 13.2. The van der Waals surface area contributed by atoms with Crippen LogP contribution in [-0.2, 0) is 16.9 Å². The molecule has 11 heteroatoms. The zero-order chi connectivity index (χ0) is 29.4. The van der Waals surface area contributed by atoms with E-state index in [4.69, 9.17) is 9.47 Å². The lowest BCUT2D eigenvalue weighted by Gasteiger charge is -2.33. The topological polar surface area (TPSA) is 59.0 Å². The molecule has 0 aromatic heterocycles. The van der Waals surface area contributed by atoms with Gasteiger partial charge in [-0.05, 0) is 48.4 Å². The predicted octanol–water partition coefficient (Wildman–Crippen LogP) is 7.04. The number of amides is 1. The molecule has 0 fully saturated rings. The van der Waals surface area contributed by atoms with Crippen LogP contribution >= 0.6 is 0 Å². The number of ether oxygens (including phenoxy) is 2. The van der Waals surface area contributed by atoms with Crippen LogP contribution in [0.15, 0.2) is 78.9 Å². The van der Waals surface area contributed by atoms with Gasteiger partial charge < -0.3 is 19.5 Å². The summed E-state index contributed by atoms with van der Waals surface area (Å²) in [6.07, 6.45) is -10.8. The molecular weight excluding hydrogens is 540 g/mol. The summed E-state index contributed by atoms with van der Waals surface area (Å²) in [6, 6.07) is 18.8. The third-order valence-electron chi connectivity index (χ3n) is 6.11. The first-order chi connectivity index (χ1) is 18.9. The van der Waals surface area contributed by atoms with E-state index in [0.29, 0.717) is 43.9 Å². The van der Waals surface area contributed by atoms with Gasteiger partial charge in [0.2, 0.25) is 0 Å². The Labute approximate surface area is 227 Å². The Morgan fingerprint density at radius 2 is 1.43 bits per heavy atom. The summed E-state index contributed by atoms with van der Waals surface area (Å²) in [6.45, 7) is 3.10. The molecule has 3 aromatic carbocycles. The van der Waals surface area contributed by atoms with Gasteiger partial charge >= 0.3 is 12.4 Å². The van der Waals surface area contributed by atoms with Crippen LogP contribution < -0.4 is 9.64 Å². The van der Waals surface area contributed by atoms with Crippen molar-refractivity contribution in [3.05, 3.63) is 95.6 Å². The first kappa shape index (κ1) is 31.0. The Hall–Kier alpha value is -3.57. The molecule has 0 radical (unpaired) electrons. The Kier molecular flexibility index (Phi) is 10.2. The minimum absolute atomic E-state index is 0.0878. The van der Waals surface area contributed by atoms with Gasteiger partial charge in [0.1, 0.15) is 12.4 Å². The van der Waals surface area contributed by atoms with Crippen LogP contribution in [0, 0.1) is 0 Å². The highest BCUT2D eigenvalue weighted by molar-refractivity contribution is 6.06. The van der Waals surface area contributed by atoms with Crippen molar-refractivity contribution >= 4 is 11.6 Å². The van der Waals surface area contributed by atoms with Gasteiger partial charge in [-0.15, -0.1) is 0 Å². The van der Waals surface area contributed by atoms with Crippen LogP contribution in [0.1, 0.15) is 41.3 Å². The molecule has 216 valence electrons. The smallest absolute Gasteiger partial charge is 0.430 e. The molecule has 1 amide bonds. The molecular formula is C29H29F6NO4. The number of halogens is 6. The summed E-state index contributed by atoms with van der Waals surface area (Å²) in [4.78, 5) is 14.5. The Bertz CT molecular complexity index is 1200. The molecule has 0 saturated heterocycles. The van der Waals surface area contributed by atoms with Crippen molar-refractivity contribution in [1.82, 2.24) is 0 Å². The van der Waals surface area contributed by atoms with Crippen LogP contribution in [0.5, 0.6) is 5.75 Å². The molecule has 40 heavy (non-hydrogen) atoms. The number of alkyl halides is 6. The summed E-state index contributed by atoms with van der Waals surface area (Å²) in [5.74, 6) is -0.0104. The van der Waals surface area contributed by atoms with Crippen molar-refractivity contribution < 1.29 is 45.7 Å². The van der Waals surface area contributed by atoms with E-state index in [0.717, 1.165) is 17.7 Å². The second-order valence-electron chi connectivity index (χ2n) is 8.97. The molecule has 0 atom stereocenters. The van der Waals surface area contributed by atoms with Gasteiger partial charge in [-0.1, -0.05) is 55.8 Å². The number of carbonyl (C=O) groups is 1. The molecule has 3 rings (SSSR count). The van der Waals surface area contributed by atoms with Crippen LogP contribution in [0.25, 0.3) is 0 Å². The number of anilines is 1. The largest absolute Gasteiger partial charge is 0.491 e. The van der Waals surface area contributed by atoms with Crippen molar-refractivity contribution in [2.45, 2.75) is 44.3 Å². The fourth-order valence-electron chi connectivity index (χ4n) is 3.87. The molecule has 0 aliphatic rings. The van der Waals surface area contributed by atoms with Gasteiger partial charge in [-0.3, -0.25) is 4.79 Å². The van der Waals surface area contributed by atoms with Crippen LogP contribution in [0.2, 0.25) is 0 Å². The Morgan fingerprint density at radius 3 is 1.98 bits per heavy atom. The van der Waals surface area contributed by atoms with E-state index in [1.807, 2.05) is 37.3 Å². The first-order valence-corrected chi connectivity index (χ1v) is 12.5. The zero-order valence-corrected chi connectivity index (χ0v) is 21.6. The Balaban J connectivity index is 1.68. The molecule has 1 N–H and O–H groups in total. The first-order valence-electron chi connectivity index (χ1n) is 12.5. The third-order valence-corrected chi connectivity index (χ3v) is 6.11.